The molecule has 0 bridgehead atoms. The first-order chi connectivity index (χ1) is 7.20. The highest BCUT2D eigenvalue weighted by Crippen LogP contribution is 2.24. The van der Waals surface area contributed by atoms with Crippen LogP contribution in [0.25, 0.3) is 0 Å². The summed E-state index contributed by atoms with van der Waals surface area (Å²) in [6.07, 6.45) is 2.63. The van der Waals surface area contributed by atoms with Gasteiger partial charge in [0.2, 0.25) is 0 Å². The van der Waals surface area contributed by atoms with Crippen LogP contribution in [-0.2, 0) is 0 Å². The van der Waals surface area contributed by atoms with Crippen LogP contribution in [0.4, 0.5) is 0 Å². The number of hydrogen-bond donors (Lipinski definition) is 1. The van der Waals surface area contributed by atoms with E-state index >= 15 is 0 Å². The molecule has 3 nitrogen and oxygen atoms in total. The molecule has 2 fully saturated rings. The minimum absolute atomic E-state index is 0.444. The molecule has 1 spiro atoms. The van der Waals surface area contributed by atoms with Gasteiger partial charge in [0.25, 0.3) is 0 Å². The van der Waals surface area contributed by atoms with Crippen molar-refractivity contribution in [2.45, 2.75) is 32.2 Å². The summed E-state index contributed by atoms with van der Waals surface area (Å²) < 4.78 is 0. The minimum atomic E-state index is 0.444. The molecule has 0 radical (unpaired) electrons. The number of piperidine rings is 1. The van der Waals surface area contributed by atoms with Gasteiger partial charge >= 0.3 is 0 Å². The summed E-state index contributed by atoms with van der Waals surface area (Å²) in [5.41, 5.74) is 0.444. The van der Waals surface area contributed by atoms with Gasteiger partial charge in [0, 0.05) is 25.2 Å². The summed E-state index contributed by atoms with van der Waals surface area (Å²) in [4.78, 5) is 4.89. The predicted octanol–water partition coefficient (Wildman–Crippen LogP) is 1.01. The molecule has 2 aliphatic heterocycles. The molecule has 0 atom stereocenters. The Balaban J connectivity index is 0.000000531. The second-order valence-electron chi connectivity index (χ2n) is 4.75. The second-order valence-corrected chi connectivity index (χ2v) is 4.75. The zero-order valence-electron chi connectivity index (χ0n) is 10.8. The van der Waals surface area contributed by atoms with Crippen molar-refractivity contribution in [1.29, 1.82) is 0 Å². The SMILES string of the molecule is CC.CN1CCC2(CC1)CN(C)CCN2. The number of rotatable bonds is 0. The molecule has 0 aromatic rings. The Bertz CT molecular complexity index is 174. The van der Waals surface area contributed by atoms with Gasteiger partial charge in [0.1, 0.15) is 0 Å². The fourth-order valence-electron chi connectivity index (χ4n) is 2.55. The molecule has 2 rings (SSSR count). The van der Waals surface area contributed by atoms with Crippen molar-refractivity contribution in [3.8, 4) is 0 Å². The number of likely N-dealkylation sites (N-methyl/N-ethyl adjacent to an activating group) is 1. The molecule has 2 saturated heterocycles. The van der Waals surface area contributed by atoms with Crippen LogP contribution in [0.5, 0.6) is 0 Å². The van der Waals surface area contributed by atoms with E-state index in [-0.39, 0.29) is 0 Å². The highest BCUT2D eigenvalue weighted by molar-refractivity contribution is 4.97. The first kappa shape index (κ1) is 12.9. The Morgan fingerprint density at radius 3 is 2.07 bits per heavy atom. The first-order valence-electron chi connectivity index (χ1n) is 6.32. The minimum Gasteiger partial charge on any atom is -0.309 e. The molecule has 15 heavy (non-hydrogen) atoms. The van der Waals surface area contributed by atoms with Gasteiger partial charge in [-0.25, -0.2) is 0 Å². The van der Waals surface area contributed by atoms with Crippen LogP contribution in [0.3, 0.4) is 0 Å². The molecule has 0 aliphatic carbocycles. The lowest BCUT2D eigenvalue weighted by Crippen LogP contribution is -2.63. The highest BCUT2D eigenvalue weighted by Gasteiger charge is 2.36. The van der Waals surface area contributed by atoms with Gasteiger partial charge in [0.15, 0.2) is 0 Å². The zero-order chi connectivity index (χ0) is 11.3. The summed E-state index contributed by atoms with van der Waals surface area (Å²) >= 11 is 0. The largest absolute Gasteiger partial charge is 0.309 e. The van der Waals surface area contributed by atoms with E-state index in [1.165, 1.54) is 45.6 Å². The predicted molar refractivity (Wildman–Crippen MR) is 66.3 cm³/mol. The Morgan fingerprint density at radius 2 is 1.53 bits per heavy atom. The molecule has 1 N–H and O–H groups in total. The van der Waals surface area contributed by atoms with Crippen molar-refractivity contribution >= 4 is 0 Å². The van der Waals surface area contributed by atoms with Crippen LogP contribution < -0.4 is 5.32 Å². The maximum Gasteiger partial charge on any atom is 0.0333 e. The van der Waals surface area contributed by atoms with Crippen LogP contribution in [-0.4, -0.2) is 62.2 Å². The van der Waals surface area contributed by atoms with Crippen LogP contribution in [0.2, 0.25) is 0 Å². The molecule has 0 unspecified atom stereocenters. The van der Waals surface area contributed by atoms with E-state index in [0.717, 1.165) is 0 Å². The van der Waals surface area contributed by atoms with Crippen molar-refractivity contribution < 1.29 is 0 Å². The van der Waals surface area contributed by atoms with Gasteiger partial charge in [-0.1, -0.05) is 13.8 Å². The quantitative estimate of drug-likeness (QED) is 0.648. The van der Waals surface area contributed by atoms with Gasteiger partial charge in [0.05, 0.1) is 0 Å². The van der Waals surface area contributed by atoms with Crippen molar-refractivity contribution in [3.05, 3.63) is 0 Å². The molecule has 0 amide bonds. The Labute approximate surface area is 94.8 Å². The second kappa shape index (κ2) is 5.83. The van der Waals surface area contributed by atoms with E-state index in [4.69, 9.17) is 0 Å². The molecule has 2 heterocycles. The fraction of sp³-hybridized carbons (Fsp3) is 1.00. The number of nitrogens with zero attached hydrogens (tertiary/aromatic N) is 2. The van der Waals surface area contributed by atoms with Crippen molar-refractivity contribution in [3.63, 3.8) is 0 Å². The lowest BCUT2D eigenvalue weighted by atomic mass is 9.86. The van der Waals surface area contributed by atoms with Gasteiger partial charge < -0.3 is 15.1 Å². The molecular weight excluding hydrogens is 186 g/mol. The van der Waals surface area contributed by atoms with E-state index in [2.05, 4.69) is 29.2 Å². The number of likely N-dealkylation sites (tertiary alicyclic amines) is 1. The third-order valence-electron chi connectivity index (χ3n) is 3.51. The van der Waals surface area contributed by atoms with E-state index in [1.807, 2.05) is 13.8 Å². The Morgan fingerprint density at radius 1 is 0.933 bits per heavy atom. The number of nitrogens with one attached hydrogen (secondary N) is 1. The molecule has 0 aromatic carbocycles. The average Bonchev–Trinajstić information content (AvgIpc) is 2.26. The first-order valence-corrected chi connectivity index (χ1v) is 6.32. The average molecular weight is 213 g/mol. The monoisotopic (exact) mass is 213 g/mol. The smallest absolute Gasteiger partial charge is 0.0333 e. The molecule has 3 heteroatoms. The third-order valence-corrected chi connectivity index (χ3v) is 3.51. The molecule has 0 aromatic heterocycles. The summed E-state index contributed by atoms with van der Waals surface area (Å²) in [6, 6.07) is 0. The standard InChI is InChI=1S/C10H21N3.C2H6/c1-12-6-3-10(4-7-12)9-13(2)8-5-11-10;1-2/h11H,3-9H2,1-2H3;1-2H3. The van der Waals surface area contributed by atoms with Gasteiger partial charge in [-0.05, 0) is 40.0 Å². The van der Waals surface area contributed by atoms with Crippen LogP contribution in [0.15, 0.2) is 0 Å². The number of piperazine rings is 1. The lowest BCUT2D eigenvalue weighted by molar-refractivity contribution is 0.0877. The molecule has 90 valence electrons. The molecule has 0 saturated carbocycles. The van der Waals surface area contributed by atoms with E-state index in [0.29, 0.717) is 5.54 Å². The molecule has 2 aliphatic rings. The maximum absolute atomic E-state index is 3.72. The third kappa shape index (κ3) is 3.44. The van der Waals surface area contributed by atoms with E-state index < -0.39 is 0 Å². The van der Waals surface area contributed by atoms with Crippen molar-refractivity contribution in [1.82, 2.24) is 15.1 Å². The van der Waals surface area contributed by atoms with E-state index in [1.54, 1.807) is 0 Å². The highest BCUT2D eigenvalue weighted by atomic mass is 15.2. The van der Waals surface area contributed by atoms with E-state index in [9.17, 15) is 0 Å². The van der Waals surface area contributed by atoms with Gasteiger partial charge in [-0.2, -0.15) is 0 Å². The van der Waals surface area contributed by atoms with Crippen LogP contribution in [0, 0.1) is 0 Å². The maximum atomic E-state index is 3.72. The fourth-order valence-corrected chi connectivity index (χ4v) is 2.55. The zero-order valence-corrected chi connectivity index (χ0v) is 10.8. The van der Waals surface area contributed by atoms with Crippen LogP contribution in [0.1, 0.15) is 26.7 Å². The Kier molecular flexibility index (Phi) is 5.03. The summed E-state index contributed by atoms with van der Waals surface area (Å²) in [5.74, 6) is 0. The van der Waals surface area contributed by atoms with Gasteiger partial charge in [-0.15, -0.1) is 0 Å². The topological polar surface area (TPSA) is 18.5 Å². The molecular formula is C12H27N3. The summed E-state index contributed by atoms with van der Waals surface area (Å²) in [7, 11) is 4.46. The van der Waals surface area contributed by atoms with Crippen molar-refractivity contribution in [2.75, 3.05) is 46.8 Å². The summed E-state index contributed by atoms with van der Waals surface area (Å²) in [5, 5.41) is 3.72. The normalized spacial score (nSPS) is 27.2. The number of hydrogen-bond acceptors (Lipinski definition) is 3. The lowest BCUT2D eigenvalue weighted by Gasteiger charge is -2.47. The van der Waals surface area contributed by atoms with Crippen LogP contribution >= 0.6 is 0 Å². The Hall–Kier alpha value is -0.120. The van der Waals surface area contributed by atoms with Gasteiger partial charge in [-0.3, -0.25) is 0 Å². The van der Waals surface area contributed by atoms with Crippen molar-refractivity contribution in [2.24, 2.45) is 0 Å². The summed E-state index contributed by atoms with van der Waals surface area (Å²) in [6.45, 7) is 10.1.